The summed E-state index contributed by atoms with van der Waals surface area (Å²) < 4.78 is 7.49. The van der Waals surface area contributed by atoms with E-state index in [0.717, 1.165) is 69.4 Å². The zero-order chi connectivity index (χ0) is 34.3. The van der Waals surface area contributed by atoms with Crippen LogP contribution in [0.25, 0.3) is 22.2 Å². The highest BCUT2D eigenvalue weighted by molar-refractivity contribution is 6.00. The second kappa shape index (κ2) is 15.3. The molecule has 0 saturated carbocycles. The van der Waals surface area contributed by atoms with Gasteiger partial charge in [-0.3, -0.25) is 14.4 Å². The minimum atomic E-state index is -0.273. The van der Waals surface area contributed by atoms with Crippen LogP contribution in [-0.2, 0) is 30.8 Å². The van der Waals surface area contributed by atoms with Crippen LogP contribution in [0.4, 0.5) is 5.69 Å². The number of amides is 2. The van der Waals surface area contributed by atoms with Gasteiger partial charge < -0.3 is 20.7 Å². The Morgan fingerprint density at radius 2 is 1.61 bits per heavy atom. The molecule has 3 N–H and O–H groups in total. The van der Waals surface area contributed by atoms with Crippen LogP contribution in [0.2, 0.25) is 0 Å². The fourth-order valence-electron chi connectivity index (χ4n) is 6.35. The van der Waals surface area contributed by atoms with Gasteiger partial charge in [0.25, 0.3) is 11.8 Å². The van der Waals surface area contributed by atoms with Gasteiger partial charge in [-0.15, -0.1) is 0 Å². The average molecular weight is 659 g/mol. The Bertz CT molecular complexity index is 2000. The highest BCUT2D eigenvalue weighted by atomic mass is 16.5. The molecule has 1 fully saturated rings. The average Bonchev–Trinajstić information content (AvgIpc) is 3.56. The molecule has 10 heteroatoms. The molecule has 2 amide bonds. The van der Waals surface area contributed by atoms with E-state index in [2.05, 4.69) is 28.0 Å². The Balaban J connectivity index is 1.18. The van der Waals surface area contributed by atoms with Crippen LogP contribution in [0.5, 0.6) is 0 Å². The molecule has 1 aliphatic heterocycles. The van der Waals surface area contributed by atoms with Gasteiger partial charge in [0.15, 0.2) is 5.65 Å². The van der Waals surface area contributed by atoms with Crippen molar-refractivity contribution >= 4 is 34.8 Å². The van der Waals surface area contributed by atoms with E-state index in [4.69, 9.17) is 9.72 Å². The van der Waals surface area contributed by atoms with Crippen molar-refractivity contribution in [2.45, 2.75) is 65.7 Å². The lowest BCUT2D eigenvalue weighted by Crippen LogP contribution is -2.30. The Morgan fingerprint density at radius 3 is 2.31 bits per heavy atom. The molecule has 1 saturated heterocycles. The zero-order valence-corrected chi connectivity index (χ0v) is 28.2. The van der Waals surface area contributed by atoms with E-state index in [1.54, 1.807) is 24.3 Å². The van der Waals surface area contributed by atoms with E-state index < -0.39 is 0 Å². The number of hydrogen-bond donors (Lipinski definition) is 3. The van der Waals surface area contributed by atoms with E-state index in [0.29, 0.717) is 49.4 Å². The van der Waals surface area contributed by atoms with Crippen molar-refractivity contribution in [2.75, 3.05) is 18.5 Å². The van der Waals surface area contributed by atoms with Crippen molar-refractivity contribution in [1.82, 2.24) is 25.4 Å². The molecule has 6 rings (SSSR count). The van der Waals surface area contributed by atoms with Gasteiger partial charge in [0.2, 0.25) is 0 Å². The van der Waals surface area contributed by atoms with Crippen LogP contribution in [0.3, 0.4) is 0 Å². The summed E-state index contributed by atoms with van der Waals surface area (Å²) in [5.74, 6) is -0.545. The van der Waals surface area contributed by atoms with Crippen LogP contribution in [0.1, 0.15) is 80.1 Å². The Labute approximate surface area is 286 Å². The van der Waals surface area contributed by atoms with Gasteiger partial charge in [0.1, 0.15) is 6.29 Å². The highest BCUT2D eigenvalue weighted by Crippen LogP contribution is 2.31. The molecule has 10 nitrogen and oxygen atoms in total. The Kier molecular flexibility index (Phi) is 10.4. The smallest absolute Gasteiger partial charge is 0.251 e. The number of aldehydes is 1. The minimum Gasteiger partial charge on any atom is -0.381 e. The molecule has 1 aliphatic rings. The SMILES string of the molecule is CCc1nc2c(cnn2CC)c(NC2CCOCC2)c1CNC(=O)c1cc(C)cc(C(=O)NCc2cccc(-c3cccc(C=O)c3)c2)c1. The number of fused-ring (bicyclic) bond motifs is 1. The van der Waals surface area contributed by atoms with Crippen molar-refractivity contribution in [2.24, 2.45) is 0 Å². The second-order valence-corrected chi connectivity index (χ2v) is 12.4. The van der Waals surface area contributed by atoms with Gasteiger partial charge in [-0.25, -0.2) is 9.67 Å². The maximum atomic E-state index is 13.6. The third-order valence-electron chi connectivity index (χ3n) is 8.94. The van der Waals surface area contributed by atoms with Crippen LogP contribution < -0.4 is 16.0 Å². The molecule has 3 heterocycles. The Morgan fingerprint density at radius 1 is 0.918 bits per heavy atom. The maximum absolute atomic E-state index is 13.6. The fourth-order valence-corrected chi connectivity index (χ4v) is 6.35. The summed E-state index contributed by atoms with van der Waals surface area (Å²) in [6.45, 7) is 8.69. The normalized spacial score (nSPS) is 13.3. The number of carbonyl (C=O) groups excluding carboxylic acids is 3. The molecule has 0 radical (unpaired) electrons. The first-order chi connectivity index (χ1) is 23.9. The number of hydrogen-bond acceptors (Lipinski definition) is 7. The largest absolute Gasteiger partial charge is 0.381 e. The number of carbonyl (C=O) groups is 3. The summed E-state index contributed by atoms with van der Waals surface area (Å²) in [5.41, 5.74) is 8.66. The number of nitrogens with one attached hydrogen (secondary N) is 3. The maximum Gasteiger partial charge on any atom is 0.251 e. The number of aryl methyl sites for hydroxylation is 3. The minimum absolute atomic E-state index is 0.248. The molecule has 0 bridgehead atoms. The van der Waals surface area contributed by atoms with Gasteiger partial charge in [0.05, 0.1) is 17.3 Å². The Hall–Kier alpha value is -5.35. The lowest BCUT2D eigenvalue weighted by Gasteiger charge is -2.26. The van der Waals surface area contributed by atoms with Crippen molar-refractivity contribution in [3.8, 4) is 11.1 Å². The third-order valence-corrected chi connectivity index (χ3v) is 8.94. The van der Waals surface area contributed by atoms with Gasteiger partial charge in [-0.05, 0) is 85.7 Å². The zero-order valence-electron chi connectivity index (χ0n) is 28.2. The van der Waals surface area contributed by atoms with Crippen molar-refractivity contribution in [3.63, 3.8) is 0 Å². The molecule has 2 aromatic heterocycles. The summed E-state index contributed by atoms with van der Waals surface area (Å²) in [4.78, 5) is 43.1. The number of rotatable bonds is 12. The van der Waals surface area contributed by atoms with E-state index in [9.17, 15) is 14.4 Å². The number of benzene rings is 3. The molecule has 3 aromatic carbocycles. The standard InChI is InChI=1S/C39H42N6O4/c1-4-35-33(36(43-32-12-14-49-15-13-32)34-23-42-45(5-2)37(34)44-35)22-41-39(48)31-17-25(3)16-30(20-31)38(47)40-21-26-8-6-10-28(18-26)29-11-7-9-27(19-29)24-46/h6-11,16-20,23-24,32H,4-5,12-15,21-22H2,1-3H3,(H,40,47)(H,41,48)(H,43,44). The summed E-state index contributed by atoms with van der Waals surface area (Å²) in [6, 6.07) is 20.7. The summed E-state index contributed by atoms with van der Waals surface area (Å²) in [7, 11) is 0. The van der Waals surface area contributed by atoms with Gasteiger partial charge in [-0.1, -0.05) is 43.3 Å². The fraction of sp³-hybridized carbons (Fsp3) is 0.308. The first-order valence-electron chi connectivity index (χ1n) is 16.9. The predicted molar refractivity (Wildman–Crippen MR) is 191 cm³/mol. The second-order valence-electron chi connectivity index (χ2n) is 12.4. The molecule has 252 valence electrons. The summed E-state index contributed by atoms with van der Waals surface area (Å²) in [5, 5.41) is 15.4. The van der Waals surface area contributed by atoms with Crippen LogP contribution >= 0.6 is 0 Å². The number of anilines is 1. The van der Waals surface area contributed by atoms with Gasteiger partial charge in [-0.2, -0.15) is 5.10 Å². The number of aromatic nitrogens is 3. The predicted octanol–water partition coefficient (Wildman–Crippen LogP) is 6.25. The topological polar surface area (TPSA) is 127 Å². The monoisotopic (exact) mass is 658 g/mol. The number of pyridine rings is 1. The molecule has 0 atom stereocenters. The molecule has 49 heavy (non-hydrogen) atoms. The van der Waals surface area contributed by atoms with Crippen molar-refractivity contribution in [1.29, 1.82) is 0 Å². The first-order valence-corrected chi connectivity index (χ1v) is 16.9. The van der Waals surface area contributed by atoms with Crippen molar-refractivity contribution in [3.05, 3.63) is 112 Å². The molecular weight excluding hydrogens is 616 g/mol. The summed E-state index contributed by atoms with van der Waals surface area (Å²) >= 11 is 0. The molecule has 0 unspecified atom stereocenters. The molecule has 0 aliphatic carbocycles. The number of nitrogens with zero attached hydrogens (tertiary/aromatic N) is 3. The lowest BCUT2D eigenvalue weighted by molar-refractivity contribution is 0.0904. The molecule has 0 spiro atoms. The van der Waals surface area contributed by atoms with E-state index in [1.165, 1.54) is 0 Å². The van der Waals surface area contributed by atoms with Crippen LogP contribution in [0, 0.1) is 6.92 Å². The van der Waals surface area contributed by atoms with Crippen LogP contribution in [0.15, 0.2) is 72.9 Å². The van der Waals surface area contributed by atoms with Gasteiger partial charge >= 0.3 is 0 Å². The highest BCUT2D eigenvalue weighted by Gasteiger charge is 2.22. The lowest BCUT2D eigenvalue weighted by atomic mass is 10.0. The van der Waals surface area contributed by atoms with E-state index in [-0.39, 0.29) is 24.4 Å². The van der Waals surface area contributed by atoms with E-state index in [1.807, 2.05) is 67.2 Å². The third kappa shape index (κ3) is 7.70. The van der Waals surface area contributed by atoms with Gasteiger partial charge in [0, 0.05) is 66.8 Å². The quantitative estimate of drug-likeness (QED) is 0.135. The van der Waals surface area contributed by atoms with Crippen LogP contribution in [-0.4, -0.2) is 52.1 Å². The number of ether oxygens (including phenoxy) is 1. The molecular formula is C39H42N6O4. The molecule has 5 aromatic rings. The van der Waals surface area contributed by atoms with Crippen molar-refractivity contribution < 1.29 is 19.1 Å². The van der Waals surface area contributed by atoms with E-state index >= 15 is 0 Å². The first kappa shape index (κ1) is 33.5. The summed E-state index contributed by atoms with van der Waals surface area (Å²) in [6.07, 6.45) is 5.17.